The van der Waals surface area contributed by atoms with Gasteiger partial charge < -0.3 is 4.90 Å². The number of rotatable bonds is 10. The molecule has 0 aliphatic heterocycles. The molecule has 0 fully saturated rings. The van der Waals surface area contributed by atoms with Gasteiger partial charge in [0.25, 0.3) is 0 Å². The van der Waals surface area contributed by atoms with Crippen molar-refractivity contribution >= 4 is 0 Å². The number of hydrogen-bond donors (Lipinski definition) is 0. The van der Waals surface area contributed by atoms with Crippen molar-refractivity contribution < 1.29 is 0 Å². The third kappa shape index (κ3) is 5.54. The van der Waals surface area contributed by atoms with E-state index >= 15 is 0 Å². The molecule has 0 saturated carbocycles. The lowest BCUT2D eigenvalue weighted by atomic mass is 9.73. The van der Waals surface area contributed by atoms with Gasteiger partial charge in [0.2, 0.25) is 0 Å². The Morgan fingerprint density at radius 2 is 1.44 bits per heavy atom. The molecule has 4 aromatic rings. The smallest absolute Gasteiger partial charge is 0.116 e. The van der Waals surface area contributed by atoms with Crippen molar-refractivity contribution in [3.63, 3.8) is 0 Å². The second kappa shape index (κ2) is 11.7. The van der Waals surface area contributed by atoms with Crippen molar-refractivity contribution in [1.29, 1.82) is 0 Å². The summed E-state index contributed by atoms with van der Waals surface area (Å²) in [6.45, 7) is 11.7. The number of nitrogens with zero attached hydrogens (tertiary/aromatic N) is 1. The molecule has 0 N–H and O–H groups in total. The molecule has 1 atom stereocenters. The van der Waals surface area contributed by atoms with Crippen LogP contribution in [-0.2, 0) is 18.4 Å². The fraction of sp³-hybridized carbons (Fsp3) is 0.211. The average Bonchev–Trinajstić information content (AvgIpc) is 3.47. The molecule has 0 saturated heterocycles. The van der Waals surface area contributed by atoms with Crippen LogP contribution in [0.5, 0.6) is 0 Å². The Morgan fingerprint density at radius 3 is 2.08 bits per heavy atom. The van der Waals surface area contributed by atoms with Gasteiger partial charge in [0, 0.05) is 6.54 Å². The molecular formula is C38H39N. The van der Waals surface area contributed by atoms with E-state index in [9.17, 15) is 0 Å². The van der Waals surface area contributed by atoms with E-state index in [-0.39, 0.29) is 0 Å². The number of aryl methyl sites for hydroxylation is 5. The zero-order valence-electron chi connectivity index (χ0n) is 23.5. The minimum Gasteiger partial charge on any atom is -0.357 e. The highest BCUT2D eigenvalue weighted by atomic mass is 15.2. The highest BCUT2D eigenvalue weighted by Gasteiger charge is 2.42. The predicted octanol–water partition coefficient (Wildman–Crippen LogP) is 9.02. The van der Waals surface area contributed by atoms with Gasteiger partial charge in [-0.2, -0.15) is 0 Å². The summed E-state index contributed by atoms with van der Waals surface area (Å²) in [5.41, 5.74) is 11.3. The molecule has 0 aromatic heterocycles. The predicted molar refractivity (Wildman–Crippen MR) is 166 cm³/mol. The van der Waals surface area contributed by atoms with Crippen LogP contribution >= 0.6 is 0 Å². The Balaban J connectivity index is 1.63. The lowest BCUT2D eigenvalue weighted by Gasteiger charge is -2.46. The number of benzene rings is 4. The average molecular weight is 510 g/mol. The first-order chi connectivity index (χ1) is 19.0. The minimum absolute atomic E-state index is 0.515. The second-order valence-electron chi connectivity index (χ2n) is 10.8. The molecule has 1 aliphatic carbocycles. The van der Waals surface area contributed by atoms with Gasteiger partial charge in [-0.15, -0.1) is 0 Å². The summed E-state index contributed by atoms with van der Waals surface area (Å²) >= 11 is 0. The largest absolute Gasteiger partial charge is 0.357 e. The van der Waals surface area contributed by atoms with E-state index in [2.05, 4.69) is 148 Å². The third-order valence-corrected chi connectivity index (χ3v) is 8.03. The van der Waals surface area contributed by atoms with Gasteiger partial charge in [0.1, 0.15) is 5.54 Å². The van der Waals surface area contributed by atoms with Gasteiger partial charge >= 0.3 is 0 Å². The molecule has 5 rings (SSSR count). The molecule has 0 spiro atoms. The van der Waals surface area contributed by atoms with Crippen LogP contribution < -0.4 is 0 Å². The Morgan fingerprint density at radius 1 is 0.744 bits per heavy atom. The molecule has 1 nitrogen and oxygen atoms in total. The lowest BCUT2D eigenvalue weighted by molar-refractivity contribution is 0.248. The standard InChI is InChI=1S/C38H39N/c1-5-39(28-34-13-7-8-14-34)38(35-23-17-29(2)18-24-35,37-16-9-6-12-31(37)4)36-25-21-32(22-26-36)19-20-33-15-10-11-30(3)27-33/h5-13,15-18,21-27H,1,14,19-20,28H2,2-4H3. The zero-order chi connectivity index (χ0) is 27.2. The van der Waals surface area contributed by atoms with Crippen molar-refractivity contribution in [3.8, 4) is 0 Å². The quantitative estimate of drug-likeness (QED) is 0.193. The first-order valence-corrected chi connectivity index (χ1v) is 14.0. The Kier molecular flexibility index (Phi) is 7.98. The van der Waals surface area contributed by atoms with Crippen LogP contribution in [0.2, 0.25) is 0 Å². The Labute approximate surface area is 234 Å². The van der Waals surface area contributed by atoms with E-state index in [1.165, 1.54) is 50.1 Å². The summed E-state index contributed by atoms with van der Waals surface area (Å²) in [6.07, 6.45) is 11.7. The maximum Gasteiger partial charge on any atom is 0.116 e. The highest BCUT2D eigenvalue weighted by molar-refractivity contribution is 5.54. The summed E-state index contributed by atoms with van der Waals surface area (Å²) in [6, 6.07) is 36.1. The summed E-state index contributed by atoms with van der Waals surface area (Å²) in [7, 11) is 0. The highest BCUT2D eigenvalue weighted by Crippen LogP contribution is 2.45. The van der Waals surface area contributed by atoms with Crippen LogP contribution in [0.1, 0.15) is 50.9 Å². The maximum absolute atomic E-state index is 4.36. The van der Waals surface area contributed by atoms with Crippen LogP contribution in [0.25, 0.3) is 0 Å². The monoisotopic (exact) mass is 509 g/mol. The van der Waals surface area contributed by atoms with E-state index in [0.29, 0.717) is 0 Å². The lowest BCUT2D eigenvalue weighted by Crippen LogP contribution is -2.46. The summed E-state index contributed by atoms with van der Waals surface area (Å²) < 4.78 is 0. The molecule has 196 valence electrons. The third-order valence-electron chi connectivity index (χ3n) is 8.03. The zero-order valence-corrected chi connectivity index (χ0v) is 23.5. The van der Waals surface area contributed by atoms with Crippen LogP contribution in [0.3, 0.4) is 0 Å². The molecule has 39 heavy (non-hydrogen) atoms. The van der Waals surface area contributed by atoms with Crippen LogP contribution in [0.4, 0.5) is 0 Å². The SMILES string of the molecule is C=CN(CC1=CC=CC1)C(c1ccc(C)cc1)(c1ccc(CCc2cccc(C)c2)cc1)c1ccccc1C. The molecule has 0 heterocycles. The first-order valence-electron chi connectivity index (χ1n) is 14.0. The minimum atomic E-state index is -0.515. The molecular weight excluding hydrogens is 470 g/mol. The molecule has 1 aliphatic rings. The van der Waals surface area contributed by atoms with Crippen molar-refractivity contribution in [2.24, 2.45) is 0 Å². The van der Waals surface area contributed by atoms with Gasteiger partial charge in [0.15, 0.2) is 0 Å². The van der Waals surface area contributed by atoms with Crippen LogP contribution in [0, 0.1) is 20.8 Å². The van der Waals surface area contributed by atoms with Crippen molar-refractivity contribution in [1.82, 2.24) is 4.90 Å². The van der Waals surface area contributed by atoms with E-state index < -0.39 is 5.54 Å². The molecule has 0 amide bonds. The van der Waals surface area contributed by atoms with E-state index in [0.717, 1.165) is 25.8 Å². The first kappa shape index (κ1) is 26.5. The van der Waals surface area contributed by atoms with Crippen molar-refractivity contribution in [2.75, 3.05) is 6.54 Å². The van der Waals surface area contributed by atoms with Gasteiger partial charge in [-0.1, -0.05) is 133 Å². The fourth-order valence-corrected chi connectivity index (χ4v) is 5.95. The second-order valence-corrected chi connectivity index (χ2v) is 10.8. The number of allylic oxidation sites excluding steroid dienone is 3. The summed E-state index contributed by atoms with van der Waals surface area (Å²) in [4.78, 5) is 2.45. The van der Waals surface area contributed by atoms with Crippen molar-refractivity contribution in [2.45, 2.75) is 45.6 Å². The van der Waals surface area contributed by atoms with E-state index in [1.54, 1.807) is 0 Å². The molecule has 4 aromatic carbocycles. The normalized spacial score (nSPS) is 14.1. The van der Waals surface area contributed by atoms with Gasteiger partial charge in [-0.25, -0.2) is 0 Å². The molecule has 0 radical (unpaired) electrons. The van der Waals surface area contributed by atoms with Crippen molar-refractivity contribution in [3.05, 3.63) is 178 Å². The molecule has 1 heteroatoms. The summed E-state index contributed by atoms with van der Waals surface area (Å²) in [5, 5.41) is 0. The topological polar surface area (TPSA) is 3.24 Å². The Bertz CT molecular complexity index is 1490. The number of hydrogen-bond acceptors (Lipinski definition) is 1. The van der Waals surface area contributed by atoms with E-state index in [4.69, 9.17) is 0 Å². The van der Waals surface area contributed by atoms with E-state index in [1.807, 2.05) is 6.20 Å². The van der Waals surface area contributed by atoms with Gasteiger partial charge in [-0.3, -0.25) is 0 Å². The molecule has 0 bridgehead atoms. The Hall–Kier alpha value is -4.10. The van der Waals surface area contributed by atoms with Crippen LogP contribution in [-0.4, -0.2) is 11.4 Å². The van der Waals surface area contributed by atoms with Crippen LogP contribution in [0.15, 0.2) is 134 Å². The van der Waals surface area contributed by atoms with Gasteiger partial charge in [0.05, 0.1) is 0 Å². The molecule has 1 unspecified atom stereocenters. The maximum atomic E-state index is 4.36. The summed E-state index contributed by atoms with van der Waals surface area (Å²) in [5.74, 6) is 0. The fourth-order valence-electron chi connectivity index (χ4n) is 5.95. The van der Waals surface area contributed by atoms with Gasteiger partial charge in [-0.05, 0) is 85.2 Å².